The highest BCUT2D eigenvalue weighted by Gasteiger charge is 2.00. The Labute approximate surface area is 91.2 Å². The van der Waals surface area contributed by atoms with E-state index in [-0.39, 0.29) is 11.9 Å². The molecule has 1 atom stereocenters. The molecule has 1 unspecified atom stereocenters. The van der Waals surface area contributed by atoms with Crippen LogP contribution in [0, 0.1) is 0 Å². The van der Waals surface area contributed by atoms with Crippen LogP contribution in [0.5, 0.6) is 0 Å². The summed E-state index contributed by atoms with van der Waals surface area (Å²) in [6.07, 6.45) is 5.71. The van der Waals surface area contributed by atoms with E-state index in [1.54, 1.807) is 0 Å². The molecule has 0 aliphatic carbocycles. The zero-order valence-corrected chi connectivity index (χ0v) is 10.0. The largest absolute Gasteiger partial charge is 0.356 e. The average Bonchev–Trinajstić information content (AvgIpc) is 2.12. The van der Waals surface area contributed by atoms with Gasteiger partial charge in [0.1, 0.15) is 0 Å². The topological polar surface area (TPSA) is 55.1 Å². The molecule has 0 radical (unpaired) electrons. The molecule has 0 saturated carbocycles. The van der Waals surface area contributed by atoms with Gasteiger partial charge in [0, 0.05) is 19.0 Å². The van der Waals surface area contributed by atoms with Crippen molar-refractivity contribution in [1.29, 1.82) is 0 Å². The Kier molecular flexibility index (Phi) is 9.19. The minimum absolute atomic E-state index is 0.159. The fourth-order valence-corrected chi connectivity index (χ4v) is 1.55. The lowest BCUT2D eigenvalue weighted by Gasteiger charge is -2.06. The molecule has 3 N–H and O–H groups in total. The molecule has 0 aromatic heterocycles. The average molecular weight is 218 g/mol. The molecule has 0 spiro atoms. The summed E-state index contributed by atoms with van der Waals surface area (Å²) >= 11 is 1.83. The Balaban J connectivity index is 3.20. The molecule has 14 heavy (non-hydrogen) atoms. The first-order valence-corrected chi connectivity index (χ1v) is 6.57. The maximum atomic E-state index is 11.2. The maximum absolute atomic E-state index is 11.2. The second-order valence-corrected chi connectivity index (χ2v) is 4.55. The van der Waals surface area contributed by atoms with Gasteiger partial charge in [-0.1, -0.05) is 0 Å². The molecule has 0 fully saturated rings. The highest BCUT2D eigenvalue weighted by molar-refractivity contribution is 7.98. The number of rotatable bonds is 8. The first-order valence-electron chi connectivity index (χ1n) is 5.18. The van der Waals surface area contributed by atoms with Crippen LogP contribution in [0.1, 0.15) is 32.6 Å². The van der Waals surface area contributed by atoms with Crippen molar-refractivity contribution in [3.05, 3.63) is 0 Å². The lowest BCUT2D eigenvalue weighted by molar-refractivity contribution is -0.121. The van der Waals surface area contributed by atoms with Crippen LogP contribution in [0.4, 0.5) is 0 Å². The predicted molar refractivity (Wildman–Crippen MR) is 63.5 cm³/mol. The molecule has 84 valence electrons. The highest BCUT2D eigenvalue weighted by atomic mass is 32.2. The van der Waals surface area contributed by atoms with Crippen molar-refractivity contribution in [1.82, 2.24) is 5.32 Å². The molecule has 0 rings (SSSR count). The van der Waals surface area contributed by atoms with Gasteiger partial charge in [0.25, 0.3) is 0 Å². The number of carbonyl (C=O) groups is 1. The van der Waals surface area contributed by atoms with Gasteiger partial charge >= 0.3 is 0 Å². The summed E-state index contributed by atoms with van der Waals surface area (Å²) in [6, 6.07) is 0.173. The number of carbonyl (C=O) groups excluding carboxylic acids is 1. The van der Waals surface area contributed by atoms with E-state index in [9.17, 15) is 4.79 Å². The molecule has 0 bridgehead atoms. The van der Waals surface area contributed by atoms with Gasteiger partial charge in [-0.25, -0.2) is 0 Å². The summed E-state index contributed by atoms with van der Waals surface area (Å²) in [5.41, 5.74) is 5.56. The van der Waals surface area contributed by atoms with Gasteiger partial charge in [-0.2, -0.15) is 11.8 Å². The molecule has 0 heterocycles. The Morgan fingerprint density at radius 2 is 2.21 bits per heavy atom. The number of hydrogen-bond donors (Lipinski definition) is 2. The van der Waals surface area contributed by atoms with E-state index in [1.807, 2.05) is 18.7 Å². The van der Waals surface area contributed by atoms with Crippen LogP contribution in [-0.2, 0) is 4.79 Å². The molecule has 0 aromatic rings. The molecule has 1 amide bonds. The first kappa shape index (κ1) is 13.8. The Bertz CT molecular complexity index is 151. The van der Waals surface area contributed by atoms with Gasteiger partial charge in [-0.05, 0) is 38.2 Å². The molecular formula is C10H22N2OS. The molecular weight excluding hydrogens is 196 g/mol. The highest BCUT2D eigenvalue weighted by Crippen LogP contribution is 2.01. The van der Waals surface area contributed by atoms with Crippen LogP contribution in [0.15, 0.2) is 0 Å². The SMILES string of the molecule is CSCCCCC(=O)NCCC(C)N. The van der Waals surface area contributed by atoms with E-state index in [1.165, 1.54) is 0 Å². The molecule has 0 aromatic carbocycles. The lowest BCUT2D eigenvalue weighted by Crippen LogP contribution is -2.28. The Morgan fingerprint density at radius 3 is 2.79 bits per heavy atom. The number of nitrogens with one attached hydrogen (secondary N) is 1. The van der Waals surface area contributed by atoms with Gasteiger partial charge in [-0.15, -0.1) is 0 Å². The molecule has 0 aliphatic rings. The van der Waals surface area contributed by atoms with E-state index in [2.05, 4.69) is 11.6 Å². The van der Waals surface area contributed by atoms with Crippen molar-refractivity contribution in [2.75, 3.05) is 18.6 Å². The van der Waals surface area contributed by atoms with Crippen LogP contribution in [0.2, 0.25) is 0 Å². The lowest BCUT2D eigenvalue weighted by atomic mass is 10.2. The third kappa shape index (κ3) is 9.86. The molecule has 0 saturated heterocycles. The number of thioether (sulfide) groups is 1. The number of nitrogens with two attached hydrogens (primary N) is 1. The monoisotopic (exact) mass is 218 g/mol. The zero-order valence-electron chi connectivity index (χ0n) is 9.21. The van der Waals surface area contributed by atoms with Gasteiger partial charge in [-0.3, -0.25) is 4.79 Å². The number of amides is 1. The van der Waals surface area contributed by atoms with Crippen LogP contribution >= 0.6 is 11.8 Å². The van der Waals surface area contributed by atoms with Gasteiger partial charge in [0.2, 0.25) is 5.91 Å². The minimum atomic E-state index is 0.159. The summed E-state index contributed by atoms with van der Waals surface area (Å²) in [6.45, 7) is 2.66. The van der Waals surface area contributed by atoms with Crippen molar-refractivity contribution < 1.29 is 4.79 Å². The molecule has 0 aliphatic heterocycles. The third-order valence-corrected chi connectivity index (χ3v) is 2.62. The fraction of sp³-hybridized carbons (Fsp3) is 0.900. The summed E-state index contributed by atoms with van der Waals surface area (Å²) in [5, 5.41) is 2.87. The van der Waals surface area contributed by atoms with Crippen molar-refractivity contribution in [3.8, 4) is 0 Å². The van der Waals surface area contributed by atoms with Gasteiger partial charge in [0.15, 0.2) is 0 Å². The van der Waals surface area contributed by atoms with Crippen molar-refractivity contribution in [2.24, 2.45) is 5.73 Å². The van der Waals surface area contributed by atoms with E-state index >= 15 is 0 Å². The normalized spacial score (nSPS) is 12.5. The number of unbranched alkanes of at least 4 members (excludes halogenated alkanes) is 1. The van der Waals surface area contributed by atoms with E-state index in [4.69, 9.17) is 5.73 Å². The van der Waals surface area contributed by atoms with Crippen molar-refractivity contribution >= 4 is 17.7 Å². The van der Waals surface area contributed by atoms with E-state index < -0.39 is 0 Å². The fourth-order valence-electron chi connectivity index (χ4n) is 1.06. The second-order valence-electron chi connectivity index (χ2n) is 3.57. The van der Waals surface area contributed by atoms with Crippen molar-refractivity contribution in [2.45, 2.75) is 38.6 Å². The summed E-state index contributed by atoms with van der Waals surface area (Å²) in [4.78, 5) is 11.2. The second kappa shape index (κ2) is 9.34. The number of hydrogen-bond acceptors (Lipinski definition) is 3. The minimum Gasteiger partial charge on any atom is -0.356 e. The molecule has 3 nitrogen and oxygen atoms in total. The summed E-state index contributed by atoms with van der Waals surface area (Å²) in [7, 11) is 0. The van der Waals surface area contributed by atoms with Crippen LogP contribution in [-0.4, -0.2) is 30.5 Å². The summed E-state index contributed by atoms with van der Waals surface area (Å²) in [5.74, 6) is 1.30. The first-order chi connectivity index (χ1) is 6.66. The predicted octanol–water partition coefficient (Wildman–Crippen LogP) is 1.37. The quantitative estimate of drug-likeness (QED) is 0.605. The zero-order chi connectivity index (χ0) is 10.8. The van der Waals surface area contributed by atoms with Crippen LogP contribution in [0.25, 0.3) is 0 Å². The standard InChI is InChI=1S/C10H22N2OS/c1-9(11)6-7-12-10(13)5-3-4-8-14-2/h9H,3-8,11H2,1-2H3,(H,12,13). The van der Waals surface area contributed by atoms with Crippen LogP contribution < -0.4 is 11.1 Å². The van der Waals surface area contributed by atoms with Gasteiger partial charge in [0.05, 0.1) is 0 Å². The Hall–Kier alpha value is -0.220. The van der Waals surface area contributed by atoms with E-state index in [0.717, 1.165) is 25.0 Å². The Morgan fingerprint density at radius 1 is 1.50 bits per heavy atom. The van der Waals surface area contributed by atoms with Gasteiger partial charge < -0.3 is 11.1 Å². The van der Waals surface area contributed by atoms with Crippen LogP contribution in [0.3, 0.4) is 0 Å². The summed E-state index contributed by atoms with van der Waals surface area (Å²) < 4.78 is 0. The van der Waals surface area contributed by atoms with Crippen molar-refractivity contribution in [3.63, 3.8) is 0 Å². The maximum Gasteiger partial charge on any atom is 0.219 e. The molecule has 4 heteroatoms. The smallest absolute Gasteiger partial charge is 0.219 e. The third-order valence-electron chi connectivity index (χ3n) is 1.92. The van der Waals surface area contributed by atoms with E-state index in [0.29, 0.717) is 13.0 Å².